The summed E-state index contributed by atoms with van der Waals surface area (Å²) in [6.45, 7) is 0.134. The van der Waals surface area contributed by atoms with Crippen molar-refractivity contribution in [2.75, 3.05) is 6.79 Å². The Morgan fingerprint density at radius 1 is 1.31 bits per heavy atom. The molecule has 0 amide bonds. The van der Waals surface area contributed by atoms with Gasteiger partial charge in [0, 0.05) is 5.54 Å². The van der Waals surface area contributed by atoms with Crippen molar-refractivity contribution in [3.8, 4) is 11.5 Å². The van der Waals surface area contributed by atoms with E-state index in [1.54, 1.807) is 6.07 Å². The van der Waals surface area contributed by atoms with Crippen LogP contribution in [0.4, 0.5) is 0 Å². The molecule has 3 rings (SSSR count). The molecule has 1 aliphatic carbocycles. The molecular weight excluding hydrogens is 210 g/mol. The van der Waals surface area contributed by atoms with Gasteiger partial charge in [-0.3, -0.25) is 0 Å². The standard InChI is InChI=1S/C11H11NO4/c12-11(1-2-11)7-4-9-8(15-5-16-9)3-6(7)10(13)14/h3-4H,1-2,5,12H2,(H,13,14). The third-order valence-electron chi connectivity index (χ3n) is 3.07. The van der Waals surface area contributed by atoms with Crippen molar-refractivity contribution in [2.24, 2.45) is 5.73 Å². The SMILES string of the molecule is NC1(c2cc3c(cc2C(=O)O)OCO3)CC1. The van der Waals surface area contributed by atoms with E-state index in [2.05, 4.69) is 0 Å². The highest BCUT2D eigenvalue weighted by atomic mass is 16.7. The summed E-state index contributed by atoms with van der Waals surface area (Å²) >= 11 is 0. The molecule has 16 heavy (non-hydrogen) atoms. The molecule has 84 valence electrons. The summed E-state index contributed by atoms with van der Waals surface area (Å²) in [6.07, 6.45) is 1.62. The number of carboxylic acid groups (broad SMARTS) is 1. The van der Waals surface area contributed by atoms with Crippen molar-refractivity contribution in [3.63, 3.8) is 0 Å². The van der Waals surface area contributed by atoms with Crippen molar-refractivity contribution in [3.05, 3.63) is 23.3 Å². The van der Waals surface area contributed by atoms with Crippen molar-refractivity contribution < 1.29 is 19.4 Å². The first-order valence-corrected chi connectivity index (χ1v) is 5.06. The fourth-order valence-corrected chi connectivity index (χ4v) is 1.93. The minimum absolute atomic E-state index is 0.134. The first-order chi connectivity index (χ1) is 7.60. The Balaban J connectivity index is 2.18. The fourth-order valence-electron chi connectivity index (χ4n) is 1.93. The third kappa shape index (κ3) is 1.25. The highest BCUT2D eigenvalue weighted by Gasteiger charge is 2.43. The minimum Gasteiger partial charge on any atom is -0.478 e. The molecule has 3 N–H and O–H groups in total. The molecule has 0 unspecified atom stereocenters. The van der Waals surface area contributed by atoms with Crippen LogP contribution >= 0.6 is 0 Å². The van der Waals surface area contributed by atoms with Crippen molar-refractivity contribution in [2.45, 2.75) is 18.4 Å². The van der Waals surface area contributed by atoms with E-state index in [0.717, 1.165) is 12.8 Å². The van der Waals surface area contributed by atoms with Gasteiger partial charge in [0.15, 0.2) is 11.5 Å². The van der Waals surface area contributed by atoms with Gasteiger partial charge >= 0.3 is 5.97 Å². The van der Waals surface area contributed by atoms with Crippen LogP contribution in [-0.4, -0.2) is 17.9 Å². The van der Waals surface area contributed by atoms with Gasteiger partial charge in [-0.05, 0) is 30.5 Å². The Kier molecular flexibility index (Phi) is 1.71. The molecule has 1 saturated carbocycles. The van der Waals surface area contributed by atoms with Gasteiger partial charge in [-0.1, -0.05) is 0 Å². The lowest BCUT2D eigenvalue weighted by atomic mass is 9.98. The Labute approximate surface area is 91.8 Å². The van der Waals surface area contributed by atoms with E-state index in [4.69, 9.17) is 20.3 Å². The highest BCUT2D eigenvalue weighted by molar-refractivity contribution is 5.91. The first kappa shape index (κ1) is 9.47. The summed E-state index contributed by atoms with van der Waals surface area (Å²) in [7, 11) is 0. The van der Waals surface area contributed by atoms with Crippen LogP contribution in [0.5, 0.6) is 11.5 Å². The van der Waals surface area contributed by atoms with Crippen LogP contribution < -0.4 is 15.2 Å². The van der Waals surface area contributed by atoms with Gasteiger partial charge in [-0.25, -0.2) is 4.79 Å². The maximum Gasteiger partial charge on any atom is 0.336 e. The number of carboxylic acids is 1. The molecule has 1 fully saturated rings. The Bertz CT molecular complexity index is 479. The maximum atomic E-state index is 11.1. The monoisotopic (exact) mass is 221 g/mol. The number of hydrogen-bond donors (Lipinski definition) is 2. The van der Waals surface area contributed by atoms with Crippen molar-refractivity contribution in [1.82, 2.24) is 0 Å². The number of benzene rings is 1. The number of fused-ring (bicyclic) bond motifs is 1. The summed E-state index contributed by atoms with van der Waals surface area (Å²) in [4.78, 5) is 11.1. The number of nitrogens with two attached hydrogens (primary N) is 1. The van der Waals surface area contributed by atoms with Crippen molar-refractivity contribution >= 4 is 5.97 Å². The summed E-state index contributed by atoms with van der Waals surface area (Å²) in [6, 6.07) is 3.19. The smallest absolute Gasteiger partial charge is 0.336 e. The van der Waals surface area contributed by atoms with Gasteiger partial charge in [-0.2, -0.15) is 0 Å². The van der Waals surface area contributed by atoms with E-state index in [9.17, 15) is 4.79 Å². The van der Waals surface area contributed by atoms with E-state index < -0.39 is 11.5 Å². The second-order valence-corrected chi connectivity index (χ2v) is 4.21. The predicted octanol–water partition coefficient (Wildman–Crippen LogP) is 1.06. The lowest BCUT2D eigenvalue weighted by molar-refractivity contribution is 0.0694. The predicted molar refractivity (Wildman–Crippen MR) is 54.6 cm³/mol. The second kappa shape index (κ2) is 2.89. The first-order valence-electron chi connectivity index (χ1n) is 5.06. The van der Waals surface area contributed by atoms with Crippen LogP contribution in [0.15, 0.2) is 12.1 Å². The molecule has 1 aromatic carbocycles. The van der Waals surface area contributed by atoms with Gasteiger partial charge in [0.2, 0.25) is 6.79 Å². The number of aromatic carboxylic acids is 1. The molecule has 5 nitrogen and oxygen atoms in total. The van der Waals surface area contributed by atoms with Gasteiger partial charge in [-0.15, -0.1) is 0 Å². The Morgan fingerprint density at radius 2 is 1.94 bits per heavy atom. The Morgan fingerprint density at radius 3 is 2.50 bits per heavy atom. The third-order valence-corrected chi connectivity index (χ3v) is 3.07. The van der Waals surface area contributed by atoms with Crippen LogP contribution in [0.2, 0.25) is 0 Å². The molecule has 5 heteroatoms. The molecule has 1 heterocycles. The lowest BCUT2D eigenvalue weighted by Crippen LogP contribution is -2.22. The highest BCUT2D eigenvalue weighted by Crippen LogP contribution is 2.47. The van der Waals surface area contributed by atoms with Crippen LogP contribution in [0.1, 0.15) is 28.8 Å². The molecule has 0 aromatic heterocycles. The van der Waals surface area contributed by atoms with Gasteiger partial charge in [0.1, 0.15) is 0 Å². The van der Waals surface area contributed by atoms with Gasteiger partial charge < -0.3 is 20.3 Å². The topological polar surface area (TPSA) is 81.8 Å². The molecule has 1 aromatic rings. The van der Waals surface area contributed by atoms with Crippen LogP contribution in [0.25, 0.3) is 0 Å². The number of hydrogen-bond acceptors (Lipinski definition) is 4. The van der Waals surface area contributed by atoms with E-state index >= 15 is 0 Å². The lowest BCUT2D eigenvalue weighted by Gasteiger charge is -2.13. The van der Waals surface area contributed by atoms with Crippen LogP contribution in [-0.2, 0) is 5.54 Å². The minimum atomic E-state index is -0.981. The van der Waals surface area contributed by atoms with Crippen LogP contribution in [0.3, 0.4) is 0 Å². The summed E-state index contributed by atoms with van der Waals surface area (Å²) < 4.78 is 10.4. The number of ether oxygens (including phenoxy) is 2. The van der Waals surface area contributed by atoms with E-state index in [0.29, 0.717) is 17.1 Å². The molecule has 0 spiro atoms. The molecule has 0 bridgehead atoms. The zero-order valence-corrected chi connectivity index (χ0v) is 8.53. The average Bonchev–Trinajstić information content (AvgIpc) is 2.84. The quantitative estimate of drug-likeness (QED) is 0.780. The molecule has 0 atom stereocenters. The largest absolute Gasteiger partial charge is 0.478 e. The Hall–Kier alpha value is -1.75. The van der Waals surface area contributed by atoms with E-state index in [1.807, 2.05) is 0 Å². The molecule has 1 aliphatic heterocycles. The van der Waals surface area contributed by atoms with Crippen LogP contribution in [0, 0.1) is 0 Å². The zero-order valence-electron chi connectivity index (χ0n) is 8.53. The molecule has 0 radical (unpaired) electrons. The van der Waals surface area contributed by atoms with Gasteiger partial charge in [0.05, 0.1) is 5.56 Å². The van der Waals surface area contributed by atoms with Crippen molar-refractivity contribution in [1.29, 1.82) is 0 Å². The molecule has 2 aliphatic rings. The summed E-state index contributed by atoms with van der Waals surface area (Å²) in [5.41, 5.74) is 6.40. The average molecular weight is 221 g/mol. The normalized spacial score (nSPS) is 19.6. The van der Waals surface area contributed by atoms with E-state index in [-0.39, 0.29) is 12.4 Å². The summed E-state index contributed by atoms with van der Waals surface area (Å²) in [5, 5.41) is 9.14. The molecule has 0 saturated heterocycles. The van der Waals surface area contributed by atoms with E-state index in [1.165, 1.54) is 6.07 Å². The number of carbonyl (C=O) groups is 1. The zero-order chi connectivity index (χ0) is 11.3. The fraction of sp³-hybridized carbons (Fsp3) is 0.364. The number of rotatable bonds is 2. The molecular formula is C11H11NO4. The maximum absolute atomic E-state index is 11.1. The summed E-state index contributed by atoms with van der Waals surface area (Å²) in [5.74, 6) is 0.0761. The second-order valence-electron chi connectivity index (χ2n) is 4.21. The van der Waals surface area contributed by atoms with Gasteiger partial charge in [0.25, 0.3) is 0 Å².